The van der Waals surface area contributed by atoms with E-state index in [1.165, 1.54) is 23.0 Å². The lowest BCUT2D eigenvalue weighted by molar-refractivity contribution is -0.113. The summed E-state index contributed by atoms with van der Waals surface area (Å²) in [6.07, 6.45) is 1.68. The maximum atomic E-state index is 12.3. The van der Waals surface area contributed by atoms with E-state index >= 15 is 0 Å². The average Bonchev–Trinajstić information content (AvgIpc) is 3.27. The van der Waals surface area contributed by atoms with Crippen molar-refractivity contribution in [2.24, 2.45) is 0 Å². The van der Waals surface area contributed by atoms with Crippen molar-refractivity contribution in [1.29, 1.82) is 0 Å². The quantitative estimate of drug-likeness (QED) is 0.547. The lowest BCUT2D eigenvalue weighted by Crippen LogP contribution is -2.45. The van der Waals surface area contributed by atoms with Crippen LogP contribution in [0.15, 0.2) is 66.1 Å². The molecule has 1 saturated heterocycles. The summed E-state index contributed by atoms with van der Waals surface area (Å²) in [6.45, 7) is 7.93. The third kappa shape index (κ3) is 5.86. The molecule has 0 atom stereocenters. The highest BCUT2D eigenvalue weighted by Gasteiger charge is 2.17. The largest absolute Gasteiger partial charge is 0.369 e. The Bertz CT molecular complexity index is 967. The van der Waals surface area contributed by atoms with Crippen LogP contribution in [0.5, 0.6) is 0 Å². The summed E-state index contributed by atoms with van der Waals surface area (Å²) >= 11 is 1.40. The molecule has 31 heavy (non-hydrogen) atoms. The molecule has 1 aliphatic heterocycles. The van der Waals surface area contributed by atoms with Crippen molar-refractivity contribution in [2.45, 2.75) is 25.2 Å². The summed E-state index contributed by atoms with van der Waals surface area (Å²) in [7, 11) is 0. The minimum atomic E-state index is -0.0436. The van der Waals surface area contributed by atoms with Crippen LogP contribution in [0.2, 0.25) is 0 Å². The van der Waals surface area contributed by atoms with E-state index in [1.807, 2.05) is 23.6 Å². The predicted molar refractivity (Wildman–Crippen MR) is 125 cm³/mol. The van der Waals surface area contributed by atoms with E-state index < -0.39 is 0 Å². The summed E-state index contributed by atoms with van der Waals surface area (Å²) in [6, 6.07) is 18.8. The molecule has 0 bridgehead atoms. The van der Waals surface area contributed by atoms with E-state index in [0.717, 1.165) is 50.1 Å². The third-order valence-electron chi connectivity index (χ3n) is 5.39. The molecule has 1 fully saturated rings. The van der Waals surface area contributed by atoms with Crippen molar-refractivity contribution in [3.8, 4) is 0 Å². The lowest BCUT2D eigenvalue weighted by atomic mass is 10.2. The first-order chi connectivity index (χ1) is 15.2. The monoisotopic (exact) mass is 436 g/mol. The van der Waals surface area contributed by atoms with Gasteiger partial charge in [-0.1, -0.05) is 42.1 Å². The number of hydrogen-bond acceptors (Lipinski definition) is 6. The molecule has 1 N–H and O–H groups in total. The lowest BCUT2D eigenvalue weighted by Gasteiger charge is -2.36. The summed E-state index contributed by atoms with van der Waals surface area (Å²) in [5.41, 5.74) is 3.38. The number of carbonyl (C=O) groups excluding carboxylic acids is 1. The SMILES string of the molecule is CCn1cnnc1SCC(=O)Nc1ccc(N2CCN(Cc3ccccc3)CC2)cc1. The van der Waals surface area contributed by atoms with Crippen LogP contribution in [-0.4, -0.2) is 57.5 Å². The molecule has 0 radical (unpaired) electrons. The number of hydrogen-bond donors (Lipinski definition) is 1. The number of aromatic nitrogens is 3. The first-order valence-electron chi connectivity index (χ1n) is 10.6. The number of thioether (sulfide) groups is 1. The van der Waals surface area contributed by atoms with Crippen LogP contribution >= 0.6 is 11.8 Å². The number of piperazine rings is 1. The van der Waals surface area contributed by atoms with E-state index in [9.17, 15) is 4.79 Å². The molecule has 0 aliphatic carbocycles. The Labute approximate surface area is 187 Å². The Kier molecular flexibility index (Phi) is 7.22. The fraction of sp³-hybridized carbons (Fsp3) is 0.348. The minimum Gasteiger partial charge on any atom is -0.369 e. The summed E-state index contributed by atoms with van der Waals surface area (Å²) in [5.74, 6) is 0.266. The van der Waals surface area contributed by atoms with Gasteiger partial charge >= 0.3 is 0 Å². The van der Waals surface area contributed by atoms with Gasteiger partial charge in [-0.3, -0.25) is 9.69 Å². The first kappa shape index (κ1) is 21.4. The van der Waals surface area contributed by atoms with E-state index in [0.29, 0.717) is 5.75 Å². The smallest absolute Gasteiger partial charge is 0.234 e. The van der Waals surface area contributed by atoms with E-state index in [-0.39, 0.29) is 5.91 Å². The predicted octanol–water partition coefficient (Wildman–Crippen LogP) is 3.35. The van der Waals surface area contributed by atoms with Crippen molar-refractivity contribution in [3.63, 3.8) is 0 Å². The van der Waals surface area contributed by atoms with Gasteiger partial charge in [-0.05, 0) is 36.8 Å². The van der Waals surface area contributed by atoms with Gasteiger partial charge in [0, 0.05) is 50.6 Å². The van der Waals surface area contributed by atoms with Gasteiger partial charge in [0.15, 0.2) is 5.16 Å². The van der Waals surface area contributed by atoms with Crippen molar-refractivity contribution >= 4 is 29.0 Å². The van der Waals surface area contributed by atoms with Crippen LogP contribution in [0.3, 0.4) is 0 Å². The highest BCUT2D eigenvalue weighted by Crippen LogP contribution is 2.21. The zero-order valence-corrected chi connectivity index (χ0v) is 18.6. The second-order valence-electron chi connectivity index (χ2n) is 7.53. The topological polar surface area (TPSA) is 66.3 Å². The molecule has 1 aromatic heterocycles. The molecule has 2 aromatic carbocycles. The number of aryl methyl sites for hydroxylation is 1. The van der Waals surface area contributed by atoms with Gasteiger partial charge in [-0.25, -0.2) is 0 Å². The highest BCUT2D eigenvalue weighted by molar-refractivity contribution is 7.99. The summed E-state index contributed by atoms with van der Waals surface area (Å²) in [4.78, 5) is 17.2. The Morgan fingerprint density at radius 1 is 1.03 bits per heavy atom. The molecule has 4 rings (SSSR count). The molecule has 8 heteroatoms. The molecule has 1 aliphatic rings. The third-order valence-corrected chi connectivity index (χ3v) is 6.37. The number of nitrogens with zero attached hydrogens (tertiary/aromatic N) is 5. The van der Waals surface area contributed by atoms with Crippen LogP contribution in [0.1, 0.15) is 12.5 Å². The van der Waals surface area contributed by atoms with E-state index in [1.54, 1.807) is 6.33 Å². The molecular weight excluding hydrogens is 408 g/mol. The second kappa shape index (κ2) is 10.5. The van der Waals surface area contributed by atoms with Crippen molar-refractivity contribution in [1.82, 2.24) is 19.7 Å². The summed E-state index contributed by atoms with van der Waals surface area (Å²) < 4.78 is 1.92. The van der Waals surface area contributed by atoms with Gasteiger partial charge in [0.05, 0.1) is 5.75 Å². The Morgan fingerprint density at radius 3 is 2.48 bits per heavy atom. The van der Waals surface area contributed by atoms with Gasteiger partial charge in [-0.2, -0.15) is 0 Å². The van der Waals surface area contributed by atoms with Crippen LogP contribution in [-0.2, 0) is 17.9 Å². The van der Waals surface area contributed by atoms with E-state index in [2.05, 4.69) is 67.8 Å². The fourth-order valence-corrected chi connectivity index (χ4v) is 4.44. The Balaban J connectivity index is 1.23. The van der Waals surface area contributed by atoms with Crippen molar-refractivity contribution in [2.75, 3.05) is 42.1 Å². The molecule has 0 unspecified atom stereocenters. The fourth-order valence-electron chi connectivity index (χ4n) is 3.66. The first-order valence-corrected chi connectivity index (χ1v) is 11.6. The van der Waals surface area contributed by atoms with Crippen LogP contribution in [0, 0.1) is 0 Å². The van der Waals surface area contributed by atoms with Gasteiger partial charge in [0.25, 0.3) is 0 Å². The number of benzene rings is 2. The number of anilines is 2. The van der Waals surface area contributed by atoms with Gasteiger partial charge in [0.1, 0.15) is 6.33 Å². The second-order valence-corrected chi connectivity index (χ2v) is 8.47. The molecule has 0 spiro atoms. The Morgan fingerprint density at radius 2 is 1.77 bits per heavy atom. The van der Waals surface area contributed by atoms with Crippen molar-refractivity contribution < 1.29 is 4.79 Å². The molecule has 162 valence electrons. The molecular formula is C23H28N6OS. The normalized spacial score (nSPS) is 14.5. The molecule has 1 amide bonds. The molecule has 0 saturated carbocycles. The number of rotatable bonds is 8. The van der Waals surface area contributed by atoms with Gasteiger partial charge in [-0.15, -0.1) is 10.2 Å². The zero-order valence-electron chi connectivity index (χ0n) is 17.8. The molecule has 2 heterocycles. The van der Waals surface area contributed by atoms with E-state index in [4.69, 9.17) is 0 Å². The standard InChI is InChI=1S/C23H28N6OS/c1-2-28-18-24-26-23(28)31-17-22(30)25-20-8-10-21(11-9-20)29-14-12-27(13-15-29)16-19-6-4-3-5-7-19/h3-11,18H,2,12-17H2,1H3,(H,25,30). The zero-order chi connectivity index (χ0) is 21.5. The van der Waals surface area contributed by atoms with Crippen LogP contribution in [0.4, 0.5) is 11.4 Å². The van der Waals surface area contributed by atoms with Crippen LogP contribution in [0.25, 0.3) is 0 Å². The molecule has 7 nitrogen and oxygen atoms in total. The van der Waals surface area contributed by atoms with Gasteiger partial charge < -0.3 is 14.8 Å². The van der Waals surface area contributed by atoms with Crippen LogP contribution < -0.4 is 10.2 Å². The minimum absolute atomic E-state index is 0.0436. The maximum absolute atomic E-state index is 12.3. The number of nitrogens with one attached hydrogen (secondary N) is 1. The number of carbonyl (C=O) groups is 1. The average molecular weight is 437 g/mol. The van der Waals surface area contributed by atoms with Crippen molar-refractivity contribution in [3.05, 3.63) is 66.5 Å². The molecule has 3 aromatic rings. The van der Waals surface area contributed by atoms with Gasteiger partial charge in [0.2, 0.25) is 5.91 Å². The summed E-state index contributed by atoms with van der Waals surface area (Å²) in [5, 5.41) is 11.7. The Hall–Kier alpha value is -2.84. The highest BCUT2D eigenvalue weighted by atomic mass is 32.2. The maximum Gasteiger partial charge on any atom is 0.234 e. The number of amides is 1.